The van der Waals surface area contributed by atoms with E-state index in [0.29, 0.717) is 13.0 Å². The van der Waals surface area contributed by atoms with Gasteiger partial charge in [-0.15, -0.1) is 0 Å². The van der Waals surface area contributed by atoms with Gasteiger partial charge < -0.3 is 15.7 Å². The number of carbonyl (C=O) groups is 1. The van der Waals surface area contributed by atoms with Crippen LogP contribution in [0, 0.1) is 6.92 Å². The second kappa shape index (κ2) is 6.84. The summed E-state index contributed by atoms with van der Waals surface area (Å²) in [6.07, 6.45) is 1.93. The summed E-state index contributed by atoms with van der Waals surface area (Å²) >= 11 is 0. The van der Waals surface area contributed by atoms with Crippen LogP contribution in [0.1, 0.15) is 28.7 Å². The number of hydrogen-bond donors (Lipinski definition) is 3. The maximum absolute atomic E-state index is 12.2. The van der Waals surface area contributed by atoms with Gasteiger partial charge in [-0.25, -0.2) is 4.79 Å². The molecule has 0 aromatic heterocycles. The van der Waals surface area contributed by atoms with E-state index in [1.54, 1.807) is 0 Å². The lowest BCUT2D eigenvalue weighted by atomic mass is 9.88. The van der Waals surface area contributed by atoms with Crippen molar-refractivity contribution in [1.29, 1.82) is 0 Å². The number of aliphatic hydroxyl groups excluding tert-OH is 1. The molecule has 0 spiro atoms. The minimum absolute atomic E-state index is 0.222. The maximum Gasteiger partial charge on any atom is 0.319 e. The summed E-state index contributed by atoms with van der Waals surface area (Å²) in [6, 6.07) is 13.8. The van der Waals surface area contributed by atoms with Gasteiger partial charge in [0, 0.05) is 18.7 Å². The number of aryl methyl sites for hydroxylation is 2. The average Bonchev–Trinajstić information content (AvgIpc) is 2.54. The molecule has 3 N–H and O–H groups in total. The molecule has 23 heavy (non-hydrogen) atoms. The van der Waals surface area contributed by atoms with Crippen LogP contribution < -0.4 is 10.6 Å². The minimum Gasteiger partial charge on any atom is -0.393 e. The average molecular weight is 310 g/mol. The zero-order valence-corrected chi connectivity index (χ0v) is 13.3. The molecule has 2 aromatic rings. The van der Waals surface area contributed by atoms with E-state index in [1.165, 1.54) is 11.1 Å². The molecule has 2 amide bonds. The molecular weight excluding hydrogens is 288 g/mol. The van der Waals surface area contributed by atoms with Gasteiger partial charge in [0.2, 0.25) is 0 Å². The standard InChI is InChI=1S/C19H22N2O2/c1-13-4-2-5-14(10-13)12-20-19(23)21-18-7-3-6-15-8-9-16(22)11-17(15)18/h2-7,10,16,22H,8-9,11-12H2,1H3,(H2,20,21,23). The number of nitrogens with one attached hydrogen (secondary N) is 2. The fourth-order valence-electron chi connectivity index (χ4n) is 3.06. The molecule has 0 saturated carbocycles. The largest absolute Gasteiger partial charge is 0.393 e. The van der Waals surface area contributed by atoms with Gasteiger partial charge in [0.15, 0.2) is 0 Å². The molecule has 1 atom stereocenters. The van der Waals surface area contributed by atoms with Crippen molar-refractivity contribution < 1.29 is 9.90 Å². The first-order valence-corrected chi connectivity index (χ1v) is 8.01. The number of fused-ring (bicyclic) bond motifs is 1. The molecule has 120 valence electrons. The Morgan fingerprint density at radius 2 is 2.09 bits per heavy atom. The number of hydrogen-bond acceptors (Lipinski definition) is 2. The molecule has 4 heteroatoms. The monoisotopic (exact) mass is 310 g/mol. The fourth-order valence-corrected chi connectivity index (χ4v) is 3.06. The van der Waals surface area contributed by atoms with Crippen LogP contribution in [-0.4, -0.2) is 17.2 Å². The third-order valence-corrected chi connectivity index (χ3v) is 4.24. The van der Waals surface area contributed by atoms with Crippen molar-refractivity contribution in [2.45, 2.75) is 38.8 Å². The summed E-state index contributed by atoms with van der Waals surface area (Å²) in [6.45, 7) is 2.52. The van der Waals surface area contributed by atoms with Crippen LogP contribution in [0.25, 0.3) is 0 Å². The number of amides is 2. The van der Waals surface area contributed by atoms with Crippen LogP contribution in [0.3, 0.4) is 0 Å². The van der Waals surface area contributed by atoms with Gasteiger partial charge in [0.05, 0.1) is 6.10 Å². The SMILES string of the molecule is Cc1cccc(CNC(=O)Nc2cccc3c2CC(O)CC3)c1. The number of rotatable bonds is 3. The van der Waals surface area contributed by atoms with E-state index in [2.05, 4.69) is 22.8 Å². The summed E-state index contributed by atoms with van der Waals surface area (Å²) in [5.41, 5.74) is 5.31. The molecule has 0 radical (unpaired) electrons. The first-order chi connectivity index (χ1) is 11.1. The highest BCUT2D eigenvalue weighted by molar-refractivity contribution is 5.90. The number of urea groups is 1. The Labute approximate surface area is 136 Å². The van der Waals surface area contributed by atoms with E-state index >= 15 is 0 Å². The van der Waals surface area contributed by atoms with Crippen LogP contribution in [0.4, 0.5) is 10.5 Å². The lowest BCUT2D eigenvalue weighted by Crippen LogP contribution is -2.29. The van der Waals surface area contributed by atoms with Gasteiger partial charge in [-0.1, -0.05) is 42.0 Å². The summed E-state index contributed by atoms with van der Waals surface area (Å²) in [7, 11) is 0. The Morgan fingerprint density at radius 3 is 2.91 bits per heavy atom. The zero-order valence-electron chi connectivity index (χ0n) is 13.3. The van der Waals surface area contributed by atoms with Crippen LogP contribution in [-0.2, 0) is 19.4 Å². The Bertz CT molecular complexity index is 712. The Morgan fingerprint density at radius 1 is 1.26 bits per heavy atom. The Kier molecular flexibility index (Phi) is 4.63. The van der Waals surface area contributed by atoms with E-state index in [9.17, 15) is 9.90 Å². The van der Waals surface area contributed by atoms with Gasteiger partial charge in [0.1, 0.15) is 0 Å². The van der Waals surface area contributed by atoms with Crippen molar-refractivity contribution in [2.24, 2.45) is 0 Å². The van der Waals surface area contributed by atoms with Crippen molar-refractivity contribution in [2.75, 3.05) is 5.32 Å². The van der Waals surface area contributed by atoms with E-state index < -0.39 is 0 Å². The van der Waals surface area contributed by atoms with Gasteiger partial charge in [-0.3, -0.25) is 0 Å². The maximum atomic E-state index is 12.2. The van der Waals surface area contributed by atoms with Crippen molar-refractivity contribution in [3.8, 4) is 0 Å². The molecular formula is C19H22N2O2. The van der Waals surface area contributed by atoms with Crippen molar-refractivity contribution in [3.05, 3.63) is 64.7 Å². The summed E-state index contributed by atoms with van der Waals surface area (Å²) in [5, 5.41) is 15.7. The summed E-state index contributed by atoms with van der Waals surface area (Å²) in [4.78, 5) is 12.2. The number of carbonyl (C=O) groups excluding carboxylic acids is 1. The lowest BCUT2D eigenvalue weighted by Gasteiger charge is -2.23. The molecule has 1 aliphatic carbocycles. The minimum atomic E-state index is -0.319. The highest BCUT2D eigenvalue weighted by Crippen LogP contribution is 2.28. The normalized spacial score (nSPS) is 16.5. The van der Waals surface area contributed by atoms with E-state index in [4.69, 9.17) is 0 Å². The van der Waals surface area contributed by atoms with Gasteiger partial charge >= 0.3 is 6.03 Å². The van der Waals surface area contributed by atoms with E-state index in [0.717, 1.165) is 29.7 Å². The quantitative estimate of drug-likeness (QED) is 0.815. The summed E-state index contributed by atoms with van der Waals surface area (Å²) in [5.74, 6) is 0. The van der Waals surface area contributed by atoms with Gasteiger partial charge in [-0.2, -0.15) is 0 Å². The van der Waals surface area contributed by atoms with E-state index in [1.807, 2.05) is 37.3 Å². The van der Waals surface area contributed by atoms with Crippen molar-refractivity contribution in [1.82, 2.24) is 5.32 Å². The van der Waals surface area contributed by atoms with Crippen molar-refractivity contribution in [3.63, 3.8) is 0 Å². The second-order valence-corrected chi connectivity index (χ2v) is 6.14. The second-order valence-electron chi connectivity index (χ2n) is 6.14. The third kappa shape index (κ3) is 3.90. The first-order valence-electron chi connectivity index (χ1n) is 8.01. The molecule has 0 heterocycles. The highest BCUT2D eigenvalue weighted by atomic mass is 16.3. The Hall–Kier alpha value is -2.33. The van der Waals surface area contributed by atoms with Crippen molar-refractivity contribution >= 4 is 11.7 Å². The molecule has 3 rings (SSSR count). The van der Waals surface area contributed by atoms with Crippen LogP contribution >= 0.6 is 0 Å². The topological polar surface area (TPSA) is 61.4 Å². The molecule has 0 aliphatic heterocycles. The number of benzene rings is 2. The fraction of sp³-hybridized carbons (Fsp3) is 0.316. The van der Waals surface area contributed by atoms with E-state index in [-0.39, 0.29) is 12.1 Å². The first kappa shape index (κ1) is 15.6. The Balaban J connectivity index is 1.64. The van der Waals surface area contributed by atoms with Gasteiger partial charge in [-0.05, 0) is 42.5 Å². The summed E-state index contributed by atoms with van der Waals surface area (Å²) < 4.78 is 0. The molecule has 0 fully saturated rings. The predicted molar refractivity (Wildman–Crippen MR) is 91.5 cm³/mol. The lowest BCUT2D eigenvalue weighted by molar-refractivity contribution is 0.159. The third-order valence-electron chi connectivity index (χ3n) is 4.24. The predicted octanol–water partition coefficient (Wildman–Crippen LogP) is 3.17. The highest BCUT2D eigenvalue weighted by Gasteiger charge is 2.19. The molecule has 2 aromatic carbocycles. The van der Waals surface area contributed by atoms with Crippen LogP contribution in [0.15, 0.2) is 42.5 Å². The molecule has 0 bridgehead atoms. The number of anilines is 1. The zero-order chi connectivity index (χ0) is 16.2. The van der Waals surface area contributed by atoms with Crippen LogP contribution in [0.2, 0.25) is 0 Å². The molecule has 1 unspecified atom stereocenters. The van der Waals surface area contributed by atoms with Gasteiger partial charge in [0.25, 0.3) is 0 Å². The molecule has 0 saturated heterocycles. The van der Waals surface area contributed by atoms with Crippen LogP contribution in [0.5, 0.6) is 0 Å². The number of aliphatic hydroxyl groups is 1. The molecule has 1 aliphatic rings. The smallest absolute Gasteiger partial charge is 0.319 e. The molecule has 4 nitrogen and oxygen atoms in total.